The van der Waals surface area contributed by atoms with E-state index in [1.54, 1.807) is 30.3 Å². The Balaban J connectivity index is 1.59. The van der Waals surface area contributed by atoms with Crippen molar-refractivity contribution in [3.8, 4) is 11.5 Å². The molecule has 0 spiro atoms. The number of halogens is 2. The van der Waals surface area contributed by atoms with E-state index in [1.165, 1.54) is 5.56 Å². The molecule has 0 aromatic heterocycles. The summed E-state index contributed by atoms with van der Waals surface area (Å²) in [5.74, 6) is 0.823. The van der Waals surface area contributed by atoms with Gasteiger partial charge in [-0.15, -0.1) is 0 Å². The van der Waals surface area contributed by atoms with Gasteiger partial charge in [0.05, 0.1) is 16.6 Å². The van der Waals surface area contributed by atoms with Gasteiger partial charge in [-0.05, 0) is 86.5 Å². The van der Waals surface area contributed by atoms with Gasteiger partial charge in [0.2, 0.25) is 0 Å². The van der Waals surface area contributed by atoms with Gasteiger partial charge < -0.3 is 9.47 Å². The zero-order valence-electron chi connectivity index (χ0n) is 13.8. The molecule has 0 atom stereocenters. The largest absolute Gasteiger partial charge is 0.492 e. The zero-order valence-corrected chi connectivity index (χ0v) is 17.6. The number of carbonyl (C=O) groups is 1. The predicted octanol–water partition coefficient (Wildman–Crippen LogP) is 5.89. The molecule has 0 aliphatic heterocycles. The Hall–Kier alpha value is -1.86. The van der Waals surface area contributed by atoms with E-state index in [2.05, 4.69) is 50.7 Å². The maximum absolute atomic E-state index is 12.3. The van der Waals surface area contributed by atoms with Crippen molar-refractivity contribution >= 4 is 44.5 Å². The molecule has 0 amide bonds. The van der Waals surface area contributed by atoms with Crippen LogP contribution in [0.3, 0.4) is 0 Å². The van der Waals surface area contributed by atoms with Crippen LogP contribution in [0, 0.1) is 3.57 Å². The van der Waals surface area contributed by atoms with Gasteiger partial charge in [0, 0.05) is 9.99 Å². The standard InChI is InChI=1S/C21H16BrIO3/c22-19-14-16(21(24)26-18-9-7-17(23)8-10-18)6-11-20(19)25-13-12-15-4-2-1-3-5-15/h1-11,14H,12-13H2. The number of hydrogen-bond donors (Lipinski definition) is 0. The third-order valence-corrected chi connectivity index (χ3v) is 5.02. The molecule has 5 heteroatoms. The zero-order chi connectivity index (χ0) is 18.4. The first-order valence-corrected chi connectivity index (χ1v) is 9.93. The van der Waals surface area contributed by atoms with Crippen LogP contribution in [-0.4, -0.2) is 12.6 Å². The van der Waals surface area contributed by atoms with Crippen LogP contribution in [-0.2, 0) is 6.42 Å². The second kappa shape index (κ2) is 9.19. The van der Waals surface area contributed by atoms with Gasteiger partial charge in [-0.2, -0.15) is 0 Å². The van der Waals surface area contributed by atoms with Crippen molar-refractivity contribution in [3.63, 3.8) is 0 Å². The lowest BCUT2D eigenvalue weighted by Gasteiger charge is -2.10. The fourth-order valence-electron chi connectivity index (χ4n) is 2.34. The second-order valence-electron chi connectivity index (χ2n) is 5.57. The highest BCUT2D eigenvalue weighted by Crippen LogP contribution is 2.27. The molecule has 0 heterocycles. The number of esters is 1. The lowest BCUT2D eigenvalue weighted by Crippen LogP contribution is -2.09. The number of hydrogen-bond acceptors (Lipinski definition) is 3. The van der Waals surface area contributed by atoms with E-state index >= 15 is 0 Å². The fourth-order valence-corrected chi connectivity index (χ4v) is 3.19. The summed E-state index contributed by atoms with van der Waals surface area (Å²) in [6.07, 6.45) is 0.823. The molecule has 0 fully saturated rings. The van der Waals surface area contributed by atoms with Gasteiger partial charge in [0.15, 0.2) is 0 Å². The molecule has 132 valence electrons. The SMILES string of the molecule is O=C(Oc1ccc(I)cc1)c1ccc(OCCc2ccccc2)c(Br)c1. The van der Waals surface area contributed by atoms with E-state index in [9.17, 15) is 4.79 Å². The van der Waals surface area contributed by atoms with Crippen molar-refractivity contribution in [1.29, 1.82) is 0 Å². The monoisotopic (exact) mass is 522 g/mol. The molecule has 0 unspecified atom stereocenters. The number of ether oxygens (including phenoxy) is 2. The average molecular weight is 523 g/mol. The summed E-state index contributed by atoms with van der Waals surface area (Å²) in [4.78, 5) is 12.3. The van der Waals surface area contributed by atoms with Gasteiger partial charge in [0.1, 0.15) is 11.5 Å². The fraction of sp³-hybridized carbons (Fsp3) is 0.0952. The van der Waals surface area contributed by atoms with Crippen molar-refractivity contribution in [2.24, 2.45) is 0 Å². The molecule has 3 nitrogen and oxygen atoms in total. The van der Waals surface area contributed by atoms with Crippen molar-refractivity contribution < 1.29 is 14.3 Å². The molecule has 0 saturated carbocycles. The van der Waals surface area contributed by atoms with Crippen molar-refractivity contribution in [3.05, 3.63) is 92.0 Å². The van der Waals surface area contributed by atoms with Gasteiger partial charge in [-0.3, -0.25) is 0 Å². The predicted molar refractivity (Wildman–Crippen MR) is 114 cm³/mol. The van der Waals surface area contributed by atoms with E-state index in [1.807, 2.05) is 30.3 Å². The van der Waals surface area contributed by atoms with Crippen molar-refractivity contribution in [2.45, 2.75) is 6.42 Å². The quantitative estimate of drug-likeness (QED) is 0.230. The first kappa shape index (κ1) is 18.9. The van der Waals surface area contributed by atoms with Crippen LogP contribution in [0.5, 0.6) is 11.5 Å². The van der Waals surface area contributed by atoms with Crippen LogP contribution in [0.4, 0.5) is 0 Å². The Morgan fingerprint density at radius 1 is 0.962 bits per heavy atom. The van der Waals surface area contributed by atoms with Crippen molar-refractivity contribution in [2.75, 3.05) is 6.61 Å². The van der Waals surface area contributed by atoms with E-state index in [4.69, 9.17) is 9.47 Å². The summed E-state index contributed by atoms with van der Waals surface area (Å²) in [6.45, 7) is 0.565. The van der Waals surface area contributed by atoms with Crippen LogP contribution in [0.2, 0.25) is 0 Å². The normalized spacial score (nSPS) is 10.4. The van der Waals surface area contributed by atoms with Gasteiger partial charge in [0.25, 0.3) is 0 Å². The summed E-state index contributed by atoms with van der Waals surface area (Å²) >= 11 is 5.67. The Bertz CT molecular complexity index is 880. The number of rotatable bonds is 6. The highest BCUT2D eigenvalue weighted by Gasteiger charge is 2.12. The summed E-state index contributed by atoms with van der Waals surface area (Å²) in [6, 6.07) is 22.7. The van der Waals surface area contributed by atoms with E-state index < -0.39 is 5.97 Å². The summed E-state index contributed by atoms with van der Waals surface area (Å²) in [5, 5.41) is 0. The minimum Gasteiger partial charge on any atom is -0.492 e. The molecule has 3 rings (SSSR count). The first-order valence-electron chi connectivity index (χ1n) is 8.06. The first-order chi connectivity index (χ1) is 12.6. The summed E-state index contributed by atoms with van der Waals surface area (Å²) in [7, 11) is 0. The second-order valence-corrected chi connectivity index (χ2v) is 7.67. The Morgan fingerprint density at radius 3 is 2.38 bits per heavy atom. The lowest BCUT2D eigenvalue weighted by molar-refractivity contribution is 0.0734. The Kier molecular flexibility index (Phi) is 6.68. The topological polar surface area (TPSA) is 35.5 Å². The molecule has 0 aliphatic carbocycles. The summed E-state index contributed by atoms with van der Waals surface area (Å²) < 4.78 is 13.0. The highest BCUT2D eigenvalue weighted by atomic mass is 127. The Labute approximate surface area is 174 Å². The molecular weight excluding hydrogens is 507 g/mol. The maximum Gasteiger partial charge on any atom is 0.343 e. The summed E-state index contributed by atoms with van der Waals surface area (Å²) in [5.41, 5.74) is 1.69. The van der Waals surface area contributed by atoms with Crippen LogP contribution in [0.15, 0.2) is 77.3 Å². The van der Waals surface area contributed by atoms with Crippen molar-refractivity contribution in [1.82, 2.24) is 0 Å². The molecule has 3 aromatic carbocycles. The molecule has 0 N–H and O–H groups in total. The maximum atomic E-state index is 12.3. The molecule has 26 heavy (non-hydrogen) atoms. The molecule has 0 bridgehead atoms. The smallest absolute Gasteiger partial charge is 0.343 e. The molecule has 0 radical (unpaired) electrons. The van der Waals surface area contributed by atoms with Crippen LogP contribution in [0.1, 0.15) is 15.9 Å². The Morgan fingerprint density at radius 2 is 1.69 bits per heavy atom. The van der Waals surface area contributed by atoms with Crippen LogP contribution >= 0.6 is 38.5 Å². The van der Waals surface area contributed by atoms with E-state index in [0.29, 0.717) is 23.7 Å². The van der Waals surface area contributed by atoms with Gasteiger partial charge >= 0.3 is 5.97 Å². The third kappa shape index (κ3) is 5.32. The third-order valence-electron chi connectivity index (χ3n) is 3.68. The van der Waals surface area contributed by atoms with Gasteiger partial charge in [-0.25, -0.2) is 4.79 Å². The molecule has 3 aromatic rings. The van der Waals surface area contributed by atoms with E-state index in [-0.39, 0.29) is 0 Å². The van der Waals surface area contributed by atoms with Crippen LogP contribution in [0.25, 0.3) is 0 Å². The minimum absolute atomic E-state index is 0.400. The molecule has 0 aliphatic rings. The number of carbonyl (C=O) groups excluding carboxylic acids is 1. The minimum atomic E-state index is -0.400. The highest BCUT2D eigenvalue weighted by molar-refractivity contribution is 14.1. The number of benzene rings is 3. The van der Waals surface area contributed by atoms with Gasteiger partial charge in [-0.1, -0.05) is 30.3 Å². The lowest BCUT2D eigenvalue weighted by atomic mass is 10.2. The average Bonchev–Trinajstić information content (AvgIpc) is 2.65. The van der Waals surface area contributed by atoms with E-state index in [0.717, 1.165) is 14.5 Å². The van der Waals surface area contributed by atoms with Crippen LogP contribution < -0.4 is 9.47 Å². The molecular formula is C21H16BrIO3. The molecule has 0 saturated heterocycles.